The van der Waals surface area contributed by atoms with Crippen LogP contribution in [0.5, 0.6) is 5.75 Å². The van der Waals surface area contributed by atoms with Crippen LogP contribution in [0.15, 0.2) is 24.3 Å². The van der Waals surface area contributed by atoms with Crippen molar-refractivity contribution in [2.24, 2.45) is 0 Å². The van der Waals surface area contributed by atoms with Crippen molar-refractivity contribution in [1.29, 1.82) is 5.26 Å². The first kappa shape index (κ1) is 15.8. The van der Waals surface area contributed by atoms with Gasteiger partial charge >= 0.3 is 0 Å². The highest BCUT2D eigenvalue weighted by Gasteiger charge is 2.23. The van der Waals surface area contributed by atoms with E-state index >= 15 is 0 Å². The summed E-state index contributed by atoms with van der Waals surface area (Å²) in [5, 5.41) is 9.03. The Bertz CT molecular complexity index is 483. The van der Waals surface area contributed by atoms with Crippen molar-refractivity contribution < 1.29 is 4.74 Å². The predicted molar refractivity (Wildman–Crippen MR) is 84.4 cm³/mol. The molecule has 0 N–H and O–H groups in total. The third-order valence-electron chi connectivity index (χ3n) is 4.17. The largest absolute Gasteiger partial charge is 0.491 e. The summed E-state index contributed by atoms with van der Waals surface area (Å²) in [5.41, 5.74) is 0.605. The third kappa shape index (κ3) is 4.45. The van der Waals surface area contributed by atoms with E-state index in [1.54, 1.807) is 6.07 Å². The molecule has 0 bridgehead atoms. The zero-order valence-electron chi connectivity index (χ0n) is 13.1. The van der Waals surface area contributed by atoms with Gasteiger partial charge in [-0.15, -0.1) is 0 Å². The molecular weight excluding hydrogens is 262 g/mol. The van der Waals surface area contributed by atoms with Crippen LogP contribution in [-0.4, -0.2) is 55.7 Å². The molecule has 0 spiro atoms. The third-order valence-corrected chi connectivity index (χ3v) is 4.17. The lowest BCUT2D eigenvalue weighted by Crippen LogP contribution is -2.39. The molecule has 0 amide bonds. The molecule has 0 saturated carbocycles. The van der Waals surface area contributed by atoms with Crippen LogP contribution in [0.25, 0.3) is 0 Å². The van der Waals surface area contributed by atoms with E-state index < -0.39 is 0 Å². The van der Waals surface area contributed by atoms with Gasteiger partial charge in [0.2, 0.25) is 0 Å². The summed E-state index contributed by atoms with van der Waals surface area (Å²) in [7, 11) is 2.14. The van der Waals surface area contributed by atoms with Crippen LogP contribution in [0, 0.1) is 11.3 Å². The van der Waals surface area contributed by atoms with Crippen molar-refractivity contribution in [3.8, 4) is 11.8 Å². The van der Waals surface area contributed by atoms with E-state index in [2.05, 4.69) is 29.8 Å². The molecular formula is C17H25N3O. The van der Waals surface area contributed by atoms with Crippen LogP contribution < -0.4 is 4.74 Å². The normalized spacial score (nSPS) is 18.9. The number of rotatable bonds is 7. The van der Waals surface area contributed by atoms with Crippen molar-refractivity contribution in [1.82, 2.24) is 9.80 Å². The van der Waals surface area contributed by atoms with Gasteiger partial charge in [-0.2, -0.15) is 5.26 Å². The molecule has 4 nitrogen and oxygen atoms in total. The van der Waals surface area contributed by atoms with Crippen LogP contribution in [-0.2, 0) is 0 Å². The topological polar surface area (TPSA) is 39.5 Å². The minimum absolute atomic E-state index is 0.605. The first-order chi connectivity index (χ1) is 10.2. The number of nitriles is 1. The molecule has 114 valence electrons. The van der Waals surface area contributed by atoms with Crippen molar-refractivity contribution in [3.63, 3.8) is 0 Å². The zero-order valence-corrected chi connectivity index (χ0v) is 13.1. The fourth-order valence-corrected chi connectivity index (χ4v) is 2.97. The fourth-order valence-electron chi connectivity index (χ4n) is 2.97. The van der Waals surface area contributed by atoms with E-state index in [4.69, 9.17) is 10.00 Å². The average Bonchev–Trinajstić information content (AvgIpc) is 2.94. The highest BCUT2D eigenvalue weighted by Crippen LogP contribution is 2.18. The Kier molecular flexibility index (Phi) is 6.04. The quantitative estimate of drug-likeness (QED) is 0.772. The first-order valence-electron chi connectivity index (χ1n) is 7.79. The smallest absolute Gasteiger partial charge is 0.137 e. The van der Waals surface area contributed by atoms with E-state index in [0.29, 0.717) is 24.0 Å². The molecule has 1 atom stereocenters. The lowest BCUT2D eigenvalue weighted by Gasteiger charge is -2.27. The zero-order chi connectivity index (χ0) is 15.1. The number of hydrogen-bond acceptors (Lipinski definition) is 4. The van der Waals surface area contributed by atoms with Gasteiger partial charge in [-0.1, -0.05) is 19.1 Å². The minimum atomic E-state index is 0.605. The second kappa shape index (κ2) is 8.02. The van der Waals surface area contributed by atoms with E-state index in [1.807, 2.05) is 18.2 Å². The van der Waals surface area contributed by atoms with Gasteiger partial charge in [-0.05, 0) is 45.1 Å². The van der Waals surface area contributed by atoms with Gasteiger partial charge in [0, 0.05) is 19.1 Å². The van der Waals surface area contributed by atoms with Gasteiger partial charge in [-0.3, -0.25) is 4.90 Å². The number of likely N-dealkylation sites (N-methyl/N-ethyl adjacent to an activating group) is 2. The Hall–Kier alpha value is -1.57. The van der Waals surface area contributed by atoms with Gasteiger partial charge < -0.3 is 9.64 Å². The van der Waals surface area contributed by atoms with Crippen LogP contribution in [0.4, 0.5) is 0 Å². The summed E-state index contributed by atoms with van der Waals surface area (Å²) in [5.74, 6) is 0.685. The molecule has 21 heavy (non-hydrogen) atoms. The number of nitrogens with zero attached hydrogens (tertiary/aromatic N) is 3. The molecule has 1 aromatic carbocycles. The monoisotopic (exact) mass is 287 g/mol. The molecule has 4 heteroatoms. The van der Waals surface area contributed by atoms with Gasteiger partial charge in [0.15, 0.2) is 0 Å². The van der Waals surface area contributed by atoms with Gasteiger partial charge in [0.1, 0.15) is 18.4 Å². The first-order valence-corrected chi connectivity index (χ1v) is 7.79. The molecule has 1 aliphatic rings. The summed E-state index contributed by atoms with van der Waals surface area (Å²) in [6, 6.07) is 10.2. The van der Waals surface area contributed by atoms with Crippen molar-refractivity contribution in [3.05, 3.63) is 29.8 Å². The molecule has 0 aromatic heterocycles. The lowest BCUT2D eigenvalue weighted by molar-refractivity contribution is 0.176. The second-order valence-electron chi connectivity index (χ2n) is 5.64. The lowest BCUT2D eigenvalue weighted by atomic mass is 10.2. The van der Waals surface area contributed by atoms with Crippen LogP contribution in [0.2, 0.25) is 0 Å². The van der Waals surface area contributed by atoms with E-state index in [9.17, 15) is 0 Å². The standard InChI is InChI=1S/C17H25N3O/c1-3-20-10-6-8-16(20)14-19(2)11-12-21-17-9-5-4-7-15(17)13-18/h4-5,7,9,16H,3,6,8,10-12,14H2,1-2H3. The molecule has 2 rings (SSSR count). The number of benzene rings is 1. The second-order valence-corrected chi connectivity index (χ2v) is 5.64. The Morgan fingerprint density at radius 3 is 3.00 bits per heavy atom. The number of likely N-dealkylation sites (tertiary alicyclic amines) is 1. The van der Waals surface area contributed by atoms with Crippen molar-refractivity contribution >= 4 is 0 Å². The van der Waals surface area contributed by atoms with Crippen molar-refractivity contribution in [2.75, 3.05) is 39.8 Å². The van der Waals surface area contributed by atoms with Crippen molar-refractivity contribution in [2.45, 2.75) is 25.8 Å². The van der Waals surface area contributed by atoms with Gasteiger partial charge in [-0.25, -0.2) is 0 Å². The van der Waals surface area contributed by atoms with E-state index in [0.717, 1.165) is 19.6 Å². The molecule has 1 heterocycles. The van der Waals surface area contributed by atoms with Crippen LogP contribution in [0.3, 0.4) is 0 Å². The highest BCUT2D eigenvalue weighted by atomic mass is 16.5. The fraction of sp³-hybridized carbons (Fsp3) is 0.588. The maximum atomic E-state index is 9.03. The molecule has 1 saturated heterocycles. The molecule has 1 aliphatic heterocycles. The van der Waals surface area contributed by atoms with Gasteiger partial charge in [0.25, 0.3) is 0 Å². The molecule has 1 fully saturated rings. The molecule has 0 radical (unpaired) electrons. The Morgan fingerprint density at radius 1 is 1.43 bits per heavy atom. The maximum Gasteiger partial charge on any atom is 0.137 e. The summed E-state index contributed by atoms with van der Waals surface area (Å²) in [4.78, 5) is 4.88. The van der Waals surface area contributed by atoms with Crippen LogP contribution in [0.1, 0.15) is 25.3 Å². The summed E-state index contributed by atoms with van der Waals surface area (Å²) in [6.45, 7) is 7.21. The molecule has 1 unspecified atom stereocenters. The number of hydrogen-bond donors (Lipinski definition) is 0. The average molecular weight is 287 g/mol. The summed E-state index contributed by atoms with van der Waals surface area (Å²) >= 11 is 0. The van der Waals surface area contributed by atoms with E-state index in [-0.39, 0.29) is 0 Å². The molecule has 0 aliphatic carbocycles. The van der Waals surface area contributed by atoms with Gasteiger partial charge in [0.05, 0.1) is 5.56 Å². The Morgan fingerprint density at radius 2 is 2.24 bits per heavy atom. The van der Waals surface area contributed by atoms with Crippen LogP contribution >= 0.6 is 0 Å². The SMILES string of the molecule is CCN1CCCC1CN(C)CCOc1ccccc1C#N. The Balaban J connectivity index is 1.74. The number of ether oxygens (including phenoxy) is 1. The Labute approximate surface area is 127 Å². The number of para-hydroxylation sites is 1. The predicted octanol–water partition coefficient (Wildman–Crippen LogP) is 2.35. The maximum absolute atomic E-state index is 9.03. The summed E-state index contributed by atoms with van der Waals surface area (Å²) in [6.07, 6.45) is 2.62. The highest BCUT2D eigenvalue weighted by molar-refractivity contribution is 5.42. The minimum Gasteiger partial charge on any atom is -0.491 e. The molecule has 1 aromatic rings. The summed E-state index contributed by atoms with van der Waals surface area (Å²) < 4.78 is 5.74. The van der Waals surface area contributed by atoms with E-state index in [1.165, 1.54) is 19.4 Å².